The second kappa shape index (κ2) is 8.52. The highest BCUT2D eigenvalue weighted by Gasteiger charge is 2.38. The van der Waals surface area contributed by atoms with Crippen LogP contribution in [0, 0.1) is 5.92 Å². The van der Waals surface area contributed by atoms with E-state index >= 15 is 0 Å². The molecule has 0 unspecified atom stereocenters. The van der Waals surface area contributed by atoms with Gasteiger partial charge in [-0.05, 0) is 36.4 Å². The molecule has 8 nitrogen and oxygen atoms in total. The van der Waals surface area contributed by atoms with Gasteiger partial charge in [0.2, 0.25) is 11.8 Å². The first kappa shape index (κ1) is 19.9. The van der Waals surface area contributed by atoms with E-state index in [0.29, 0.717) is 38.3 Å². The fraction of sp³-hybridized carbons (Fsp3) is 0.364. The standard InChI is InChI=1S/C22H24N4O4/c1-30-19-4-2-18(3-5-19)26-15-17(14-20(26)27)22(29)25-12-10-24(11-13-25)21(28)16-6-8-23-9-7-16/h2-9,17H,10-15H2,1H3/t17-/m1/s1. The van der Waals surface area contributed by atoms with Crippen molar-refractivity contribution in [2.45, 2.75) is 6.42 Å². The molecule has 1 atom stereocenters. The van der Waals surface area contributed by atoms with Crippen LogP contribution >= 0.6 is 0 Å². The van der Waals surface area contributed by atoms with Gasteiger partial charge in [-0.25, -0.2) is 0 Å². The lowest BCUT2D eigenvalue weighted by atomic mass is 10.1. The topological polar surface area (TPSA) is 83.1 Å². The maximum atomic E-state index is 13.0. The van der Waals surface area contributed by atoms with Gasteiger partial charge in [0.05, 0.1) is 13.0 Å². The number of aromatic nitrogens is 1. The van der Waals surface area contributed by atoms with Crippen LogP contribution < -0.4 is 9.64 Å². The van der Waals surface area contributed by atoms with Gasteiger partial charge in [-0.2, -0.15) is 0 Å². The highest BCUT2D eigenvalue weighted by Crippen LogP contribution is 2.28. The van der Waals surface area contributed by atoms with E-state index in [2.05, 4.69) is 4.98 Å². The third kappa shape index (κ3) is 3.98. The van der Waals surface area contributed by atoms with Crippen LogP contribution in [0.3, 0.4) is 0 Å². The van der Waals surface area contributed by atoms with Gasteiger partial charge in [-0.3, -0.25) is 19.4 Å². The number of hydrogen-bond acceptors (Lipinski definition) is 5. The van der Waals surface area contributed by atoms with E-state index in [0.717, 1.165) is 11.4 Å². The average Bonchev–Trinajstić information content (AvgIpc) is 3.20. The van der Waals surface area contributed by atoms with E-state index in [4.69, 9.17) is 4.74 Å². The number of ether oxygens (including phenoxy) is 1. The zero-order valence-corrected chi connectivity index (χ0v) is 16.9. The SMILES string of the molecule is COc1ccc(N2C[C@H](C(=O)N3CCN(C(=O)c4ccncc4)CC3)CC2=O)cc1. The number of benzene rings is 1. The van der Waals surface area contributed by atoms with Crippen molar-refractivity contribution in [3.05, 3.63) is 54.4 Å². The van der Waals surface area contributed by atoms with Gasteiger partial charge < -0.3 is 19.4 Å². The van der Waals surface area contributed by atoms with Gasteiger partial charge >= 0.3 is 0 Å². The zero-order chi connectivity index (χ0) is 21.1. The lowest BCUT2D eigenvalue weighted by molar-refractivity contribution is -0.137. The number of carbonyl (C=O) groups excluding carboxylic acids is 3. The summed E-state index contributed by atoms with van der Waals surface area (Å²) in [4.78, 5) is 47.1. The van der Waals surface area contributed by atoms with E-state index in [1.807, 2.05) is 12.1 Å². The number of methoxy groups -OCH3 is 1. The molecule has 0 spiro atoms. The molecule has 0 saturated carbocycles. The van der Waals surface area contributed by atoms with Crippen LogP contribution in [-0.2, 0) is 9.59 Å². The maximum absolute atomic E-state index is 13.0. The summed E-state index contributed by atoms with van der Waals surface area (Å²) < 4.78 is 5.16. The van der Waals surface area contributed by atoms with Crippen LogP contribution in [0.5, 0.6) is 5.75 Å². The summed E-state index contributed by atoms with van der Waals surface area (Å²) in [6, 6.07) is 10.6. The number of hydrogen-bond donors (Lipinski definition) is 0. The molecule has 4 rings (SSSR count). The van der Waals surface area contributed by atoms with Crippen LogP contribution in [0.2, 0.25) is 0 Å². The lowest BCUT2D eigenvalue weighted by Crippen LogP contribution is -2.52. The van der Waals surface area contributed by atoms with Gasteiger partial charge in [0.1, 0.15) is 5.75 Å². The molecule has 2 fully saturated rings. The van der Waals surface area contributed by atoms with E-state index in [1.165, 1.54) is 0 Å². The minimum atomic E-state index is -0.359. The molecule has 1 aromatic carbocycles. The largest absolute Gasteiger partial charge is 0.497 e. The normalized spacial score (nSPS) is 19.2. The van der Waals surface area contributed by atoms with Crippen LogP contribution in [0.15, 0.2) is 48.8 Å². The molecule has 2 saturated heterocycles. The molecule has 1 aromatic heterocycles. The quantitative estimate of drug-likeness (QED) is 0.764. The molecule has 2 aliphatic heterocycles. The second-order valence-corrected chi connectivity index (χ2v) is 7.46. The number of carbonyl (C=O) groups is 3. The highest BCUT2D eigenvalue weighted by molar-refractivity contribution is 6.00. The molecule has 3 heterocycles. The van der Waals surface area contributed by atoms with Crippen molar-refractivity contribution in [3.63, 3.8) is 0 Å². The molecule has 156 valence electrons. The Bertz CT molecular complexity index is 924. The third-order valence-electron chi connectivity index (χ3n) is 5.66. The molecule has 2 aliphatic rings. The van der Waals surface area contributed by atoms with Crippen molar-refractivity contribution in [1.29, 1.82) is 0 Å². The smallest absolute Gasteiger partial charge is 0.254 e. The van der Waals surface area contributed by atoms with Crippen LogP contribution in [-0.4, -0.2) is 72.3 Å². The number of pyridine rings is 1. The number of rotatable bonds is 4. The van der Waals surface area contributed by atoms with Gasteiger partial charge in [0, 0.05) is 62.8 Å². The minimum absolute atomic E-state index is 0.0182. The van der Waals surface area contributed by atoms with Gasteiger partial charge in [0.15, 0.2) is 0 Å². The van der Waals surface area contributed by atoms with Crippen molar-refractivity contribution in [2.75, 3.05) is 44.7 Å². The number of amides is 3. The van der Waals surface area contributed by atoms with E-state index in [1.54, 1.807) is 58.5 Å². The Morgan fingerprint density at radius 3 is 2.23 bits per heavy atom. The fourth-order valence-corrected chi connectivity index (χ4v) is 3.95. The van der Waals surface area contributed by atoms with Crippen molar-refractivity contribution in [1.82, 2.24) is 14.8 Å². The molecule has 8 heteroatoms. The van der Waals surface area contributed by atoms with Crippen molar-refractivity contribution in [3.8, 4) is 5.75 Å². The second-order valence-electron chi connectivity index (χ2n) is 7.46. The molecule has 2 aromatic rings. The number of anilines is 1. The predicted octanol–water partition coefficient (Wildman–Crippen LogP) is 1.43. The molecule has 0 N–H and O–H groups in total. The first-order valence-electron chi connectivity index (χ1n) is 9.99. The monoisotopic (exact) mass is 408 g/mol. The third-order valence-corrected chi connectivity index (χ3v) is 5.66. The Balaban J connectivity index is 1.34. The van der Waals surface area contributed by atoms with Gasteiger partial charge in [0.25, 0.3) is 5.91 Å². The molecule has 0 aliphatic carbocycles. The molecule has 0 radical (unpaired) electrons. The Kier molecular flexibility index (Phi) is 5.65. The summed E-state index contributed by atoms with van der Waals surface area (Å²) >= 11 is 0. The van der Waals surface area contributed by atoms with Crippen molar-refractivity contribution >= 4 is 23.4 Å². The van der Waals surface area contributed by atoms with Crippen LogP contribution in [0.1, 0.15) is 16.8 Å². The molecule has 30 heavy (non-hydrogen) atoms. The Morgan fingerprint density at radius 2 is 1.60 bits per heavy atom. The molecule has 0 bridgehead atoms. The minimum Gasteiger partial charge on any atom is -0.497 e. The first-order chi connectivity index (χ1) is 14.6. The summed E-state index contributed by atoms with van der Waals surface area (Å²) in [7, 11) is 1.59. The van der Waals surface area contributed by atoms with Gasteiger partial charge in [-0.1, -0.05) is 0 Å². The Morgan fingerprint density at radius 1 is 0.967 bits per heavy atom. The molecule has 3 amide bonds. The fourth-order valence-electron chi connectivity index (χ4n) is 3.95. The Labute approximate surface area is 175 Å². The predicted molar refractivity (Wildman–Crippen MR) is 110 cm³/mol. The van der Waals surface area contributed by atoms with Crippen LogP contribution in [0.4, 0.5) is 5.69 Å². The number of piperazine rings is 1. The summed E-state index contributed by atoms with van der Waals surface area (Å²) in [5, 5.41) is 0. The van der Waals surface area contributed by atoms with Crippen molar-refractivity contribution < 1.29 is 19.1 Å². The summed E-state index contributed by atoms with van der Waals surface area (Å²) in [5.41, 5.74) is 1.37. The highest BCUT2D eigenvalue weighted by atomic mass is 16.5. The van der Waals surface area contributed by atoms with E-state index in [-0.39, 0.29) is 30.1 Å². The van der Waals surface area contributed by atoms with Gasteiger partial charge in [-0.15, -0.1) is 0 Å². The number of nitrogens with zero attached hydrogens (tertiary/aromatic N) is 4. The van der Waals surface area contributed by atoms with Crippen LogP contribution in [0.25, 0.3) is 0 Å². The van der Waals surface area contributed by atoms with E-state index < -0.39 is 0 Å². The van der Waals surface area contributed by atoms with E-state index in [9.17, 15) is 14.4 Å². The summed E-state index contributed by atoms with van der Waals surface area (Å²) in [6.07, 6.45) is 3.40. The maximum Gasteiger partial charge on any atom is 0.254 e. The average molecular weight is 408 g/mol. The zero-order valence-electron chi connectivity index (χ0n) is 16.9. The Hall–Kier alpha value is -3.42. The van der Waals surface area contributed by atoms with Crippen molar-refractivity contribution in [2.24, 2.45) is 5.92 Å². The summed E-state index contributed by atoms with van der Waals surface area (Å²) in [6.45, 7) is 2.29. The lowest BCUT2D eigenvalue weighted by Gasteiger charge is -2.36. The summed E-state index contributed by atoms with van der Waals surface area (Å²) in [5.74, 6) is 0.242. The first-order valence-corrected chi connectivity index (χ1v) is 9.99. The molecular formula is C22H24N4O4. The molecular weight excluding hydrogens is 384 g/mol.